The normalized spacial score (nSPS) is 17.5. The van der Waals surface area contributed by atoms with Crippen LogP contribution in [0, 0.1) is 10.1 Å². The van der Waals surface area contributed by atoms with E-state index in [1.54, 1.807) is 24.5 Å². The first kappa shape index (κ1) is 14.8. The first-order valence-electron chi connectivity index (χ1n) is 6.89. The molecule has 1 aromatic carbocycles. The summed E-state index contributed by atoms with van der Waals surface area (Å²) < 4.78 is 6.72. The zero-order chi connectivity index (χ0) is 15.5. The standard InChI is InChI=1S/C15H14BrN3O3/c16-11-1-2-14(19(20)21)15(9-11)18-8-5-13(10-18)22-12-3-6-17-7-4-12/h1-4,6-7,9,13H,5,8,10H2. The maximum Gasteiger partial charge on any atom is 0.292 e. The van der Waals surface area contributed by atoms with Gasteiger partial charge in [-0.15, -0.1) is 0 Å². The van der Waals surface area contributed by atoms with Gasteiger partial charge in [0.2, 0.25) is 0 Å². The monoisotopic (exact) mass is 363 g/mol. The highest BCUT2D eigenvalue weighted by Gasteiger charge is 2.28. The first-order valence-corrected chi connectivity index (χ1v) is 7.68. The second-order valence-electron chi connectivity index (χ2n) is 5.05. The van der Waals surface area contributed by atoms with E-state index in [4.69, 9.17) is 4.74 Å². The Balaban J connectivity index is 1.75. The van der Waals surface area contributed by atoms with E-state index in [1.807, 2.05) is 17.0 Å². The minimum absolute atomic E-state index is 0.0148. The summed E-state index contributed by atoms with van der Waals surface area (Å²) in [5.74, 6) is 0.769. The van der Waals surface area contributed by atoms with Crippen molar-refractivity contribution < 1.29 is 9.66 Å². The Bertz CT molecular complexity index is 681. The summed E-state index contributed by atoms with van der Waals surface area (Å²) in [5.41, 5.74) is 0.743. The number of ether oxygens (including phenoxy) is 1. The van der Waals surface area contributed by atoms with Crippen molar-refractivity contribution in [2.45, 2.75) is 12.5 Å². The molecule has 0 N–H and O–H groups in total. The Morgan fingerprint density at radius 3 is 2.82 bits per heavy atom. The Morgan fingerprint density at radius 2 is 2.09 bits per heavy atom. The average molecular weight is 364 g/mol. The van der Waals surface area contributed by atoms with Gasteiger partial charge in [-0.3, -0.25) is 15.1 Å². The third kappa shape index (κ3) is 3.19. The molecule has 114 valence electrons. The number of hydrogen-bond acceptors (Lipinski definition) is 5. The van der Waals surface area contributed by atoms with Crippen molar-refractivity contribution >= 4 is 27.3 Å². The summed E-state index contributed by atoms with van der Waals surface area (Å²) >= 11 is 3.37. The molecular weight excluding hydrogens is 350 g/mol. The molecule has 1 atom stereocenters. The predicted octanol–water partition coefficient (Wildman–Crippen LogP) is 3.41. The van der Waals surface area contributed by atoms with Crippen LogP contribution in [0.25, 0.3) is 0 Å². The van der Waals surface area contributed by atoms with Crippen LogP contribution in [0.1, 0.15) is 6.42 Å². The van der Waals surface area contributed by atoms with Crippen molar-refractivity contribution in [2.24, 2.45) is 0 Å². The molecule has 0 aliphatic carbocycles. The van der Waals surface area contributed by atoms with Crippen molar-refractivity contribution in [2.75, 3.05) is 18.0 Å². The van der Waals surface area contributed by atoms with E-state index in [1.165, 1.54) is 6.07 Å². The number of nitrogens with zero attached hydrogens (tertiary/aromatic N) is 3. The van der Waals surface area contributed by atoms with E-state index in [0.29, 0.717) is 12.2 Å². The molecule has 7 heteroatoms. The number of nitro groups is 1. The number of aromatic nitrogens is 1. The highest BCUT2D eigenvalue weighted by molar-refractivity contribution is 9.10. The topological polar surface area (TPSA) is 68.5 Å². The second-order valence-corrected chi connectivity index (χ2v) is 5.96. The van der Waals surface area contributed by atoms with Gasteiger partial charge < -0.3 is 9.64 Å². The molecule has 1 aliphatic rings. The number of pyridine rings is 1. The number of nitro benzene ring substituents is 1. The Kier molecular flexibility index (Phi) is 4.24. The maximum absolute atomic E-state index is 11.2. The Labute approximate surface area is 136 Å². The number of anilines is 1. The highest BCUT2D eigenvalue weighted by atomic mass is 79.9. The van der Waals surface area contributed by atoms with Crippen molar-refractivity contribution in [3.63, 3.8) is 0 Å². The molecule has 0 radical (unpaired) electrons. The molecule has 2 aromatic rings. The lowest BCUT2D eigenvalue weighted by Crippen LogP contribution is -2.25. The van der Waals surface area contributed by atoms with Crippen LogP contribution >= 0.6 is 15.9 Å². The van der Waals surface area contributed by atoms with Gasteiger partial charge in [0.15, 0.2) is 0 Å². The van der Waals surface area contributed by atoms with Crippen molar-refractivity contribution in [3.05, 3.63) is 57.3 Å². The molecule has 1 saturated heterocycles. The van der Waals surface area contributed by atoms with Gasteiger partial charge in [-0.25, -0.2) is 0 Å². The molecule has 1 fully saturated rings. The molecule has 1 aliphatic heterocycles. The van der Waals surface area contributed by atoms with Gasteiger partial charge in [0, 0.05) is 35.9 Å². The highest BCUT2D eigenvalue weighted by Crippen LogP contribution is 2.34. The van der Waals surface area contributed by atoms with E-state index < -0.39 is 0 Å². The lowest BCUT2D eigenvalue weighted by atomic mass is 10.2. The lowest BCUT2D eigenvalue weighted by Gasteiger charge is -2.19. The molecule has 22 heavy (non-hydrogen) atoms. The van der Waals surface area contributed by atoms with Crippen molar-refractivity contribution in [3.8, 4) is 5.75 Å². The molecule has 2 heterocycles. The van der Waals surface area contributed by atoms with Crippen molar-refractivity contribution in [1.82, 2.24) is 4.98 Å². The fourth-order valence-electron chi connectivity index (χ4n) is 2.56. The average Bonchev–Trinajstić information content (AvgIpc) is 2.96. The number of rotatable bonds is 4. The van der Waals surface area contributed by atoms with Gasteiger partial charge >= 0.3 is 0 Å². The van der Waals surface area contributed by atoms with Gasteiger partial charge in [0.05, 0.1) is 11.5 Å². The molecule has 6 nitrogen and oxygen atoms in total. The van der Waals surface area contributed by atoms with E-state index in [0.717, 1.165) is 23.2 Å². The zero-order valence-electron chi connectivity index (χ0n) is 11.7. The summed E-state index contributed by atoms with van der Waals surface area (Å²) in [6.07, 6.45) is 4.20. The molecule has 0 amide bonds. The maximum atomic E-state index is 11.2. The summed E-state index contributed by atoms with van der Waals surface area (Å²) in [6, 6.07) is 8.61. The van der Waals surface area contributed by atoms with Crippen LogP contribution in [0.2, 0.25) is 0 Å². The van der Waals surface area contributed by atoms with Gasteiger partial charge in [0.1, 0.15) is 17.5 Å². The van der Waals surface area contributed by atoms with Crippen LogP contribution in [0.4, 0.5) is 11.4 Å². The number of halogens is 1. The fourth-order valence-corrected chi connectivity index (χ4v) is 2.91. The van der Waals surface area contributed by atoms with Gasteiger partial charge in [-0.05, 0) is 24.3 Å². The summed E-state index contributed by atoms with van der Waals surface area (Å²) in [6.45, 7) is 1.35. The minimum atomic E-state index is -0.348. The third-order valence-corrected chi connectivity index (χ3v) is 4.07. The fraction of sp³-hybridized carbons (Fsp3) is 0.267. The molecule has 1 unspecified atom stereocenters. The van der Waals surface area contributed by atoms with Crippen molar-refractivity contribution in [1.29, 1.82) is 0 Å². The molecule has 0 spiro atoms. The molecule has 3 rings (SSSR count). The van der Waals surface area contributed by atoms with E-state index in [2.05, 4.69) is 20.9 Å². The zero-order valence-corrected chi connectivity index (χ0v) is 13.3. The van der Waals surface area contributed by atoms with Crippen LogP contribution in [-0.4, -0.2) is 29.1 Å². The van der Waals surface area contributed by atoms with Crippen LogP contribution in [0.5, 0.6) is 5.75 Å². The Morgan fingerprint density at radius 1 is 1.32 bits per heavy atom. The molecular formula is C15H14BrN3O3. The number of benzene rings is 1. The minimum Gasteiger partial charge on any atom is -0.488 e. The molecule has 0 saturated carbocycles. The summed E-state index contributed by atoms with van der Waals surface area (Å²) in [4.78, 5) is 16.8. The van der Waals surface area contributed by atoms with E-state index in [-0.39, 0.29) is 16.7 Å². The van der Waals surface area contributed by atoms with Gasteiger partial charge in [-0.1, -0.05) is 15.9 Å². The lowest BCUT2D eigenvalue weighted by molar-refractivity contribution is -0.384. The first-order chi connectivity index (χ1) is 10.6. The van der Waals surface area contributed by atoms with E-state index >= 15 is 0 Å². The quantitative estimate of drug-likeness (QED) is 0.614. The smallest absolute Gasteiger partial charge is 0.292 e. The number of hydrogen-bond donors (Lipinski definition) is 0. The van der Waals surface area contributed by atoms with E-state index in [9.17, 15) is 10.1 Å². The Hall–Kier alpha value is -2.15. The predicted molar refractivity (Wildman–Crippen MR) is 86.3 cm³/mol. The van der Waals surface area contributed by atoms with Crippen LogP contribution in [-0.2, 0) is 0 Å². The summed E-state index contributed by atoms with van der Waals surface area (Å²) in [5, 5.41) is 11.2. The van der Waals surface area contributed by atoms with Crippen LogP contribution in [0.3, 0.4) is 0 Å². The molecule has 0 bridgehead atoms. The third-order valence-electron chi connectivity index (χ3n) is 3.57. The van der Waals surface area contributed by atoms with Gasteiger partial charge in [-0.2, -0.15) is 0 Å². The van der Waals surface area contributed by atoms with Crippen LogP contribution in [0.15, 0.2) is 47.2 Å². The summed E-state index contributed by atoms with van der Waals surface area (Å²) in [7, 11) is 0. The second kappa shape index (κ2) is 6.31. The largest absolute Gasteiger partial charge is 0.488 e. The SMILES string of the molecule is O=[N+]([O-])c1ccc(Br)cc1N1CCC(Oc2ccncc2)C1. The van der Waals surface area contributed by atoms with Gasteiger partial charge in [0.25, 0.3) is 5.69 Å². The molecule has 1 aromatic heterocycles. The van der Waals surface area contributed by atoms with Crippen LogP contribution < -0.4 is 9.64 Å².